The summed E-state index contributed by atoms with van der Waals surface area (Å²) in [7, 11) is 0. The molecule has 10 heteroatoms. The van der Waals surface area contributed by atoms with Crippen molar-refractivity contribution >= 4 is 77.9 Å². The van der Waals surface area contributed by atoms with Crippen LogP contribution in [-0.2, 0) is 10.8 Å². The lowest BCUT2D eigenvalue weighted by Crippen LogP contribution is -2.43. The molecule has 4 unspecified atom stereocenters. The van der Waals surface area contributed by atoms with E-state index in [1.54, 1.807) is 0 Å². The Morgan fingerprint density at radius 2 is 1.11 bits per heavy atom. The smallest absolute Gasteiger partial charge is 0.179 e. The van der Waals surface area contributed by atoms with E-state index in [-0.39, 0.29) is 35.0 Å². The molecule has 1 saturated carbocycles. The van der Waals surface area contributed by atoms with Gasteiger partial charge in [0.05, 0.1) is 23.8 Å². The standard InChI is InChI=1S/C47H44Br2N8/c1-27-18-19-28(48)22-34(27)56-38(54(30-14-10-8-11-15-30)41-44(56)53-37(25-50-41)47(5,6)7)24-33-39-32-21-20-29(49)23-35(32)57-42-43(52-36(26-51-42)46(2,3)4)55(45(57)40(33)39)31-16-12-9-13-17-31/h8-26,38-40,45H,1-7H3/b33-24+. The van der Waals surface area contributed by atoms with Crippen LogP contribution in [0.25, 0.3) is 0 Å². The van der Waals surface area contributed by atoms with Crippen LogP contribution in [0.3, 0.4) is 0 Å². The zero-order valence-corrected chi connectivity index (χ0v) is 36.3. The van der Waals surface area contributed by atoms with Crippen LogP contribution in [0, 0.1) is 12.8 Å². The summed E-state index contributed by atoms with van der Waals surface area (Å²) in [5.41, 5.74) is 9.81. The minimum Gasteiger partial charge on any atom is -0.301 e. The SMILES string of the molecule is Cc1ccc(Br)cc1N1c2nc(C(C)(C)C)cnc2N(c2ccccc2)C1/C=C1\C2c3ccc(Br)cc3N3c4ncc(C(C)(C)C)nc4N(c4ccccc4)C3C12. The zero-order valence-electron chi connectivity index (χ0n) is 33.1. The van der Waals surface area contributed by atoms with Crippen LogP contribution < -0.4 is 19.6 Å². The van der Waals surface area contributed by atoms with E-state index in [4.69, 9.17) is 19.9 Å². The largest absolute Gasteiger partial charge is 0.301 e. The van der Waals surface area contributed by atoms with Crippen molar-refractivity contribution in [3.63, 3.8) is 0 Å². The first-order valence-electron chi connectivity index (χ1n) is 19.6. The third-order valence-electron chi connectivity index (χ3n) is 11.7. The molecule has 6 aromatic rings. The maximum Gasteiger partial charge on any atom is 0.179 e. The molecule has 5 heterocycles. The topological polar surface area (TPSA) is 64.5 Å². The van der Waals surface area contributed by atoms with E-state index in [1.807, 2.05) is 12.4 Å². The van der Waals surface area contributed by atoms with Gasteiger partial charge in [-0.1, -0.05) is 128 Å². The second-order valence-electron chi connectivity index (χ2n) is 17.6. The van der Waals surface area contributed by atoms with Crippen molar-refractivity contribution in [3.05, 3.63) is 153 Å². The van der Waals surface area contributed by atoms with E-state index in [0.717, 1.165) is 71.9 Å². The molecule has 3 aliphatic heterocycles. The molecule has 0 spiro atoms. The average Bonchev–Trinajstić information content (AvgIpc) is 3.65. The highest BCUT2D eigenvalue weighted by molar-refractivity contribution is 9.10. The van der Waals surface area contributed by atoms with E-state index in [0.29, 0.717) is 0 Å². The van der Waals surface area contributed by atoms with Gasteiger partial charge in [0.15, 0.2) is 23.3 Å². The lowest BCUT2D eigenvalue weighted by molar-refractivity contribution is 0.564. The number of benzene rings is 4. The van der Waals surface area contributed by atoms with Gasteiger partial charge in [-0.2, -0.15) is 0 Å². The lowest BCUT2D eigenvalue weighted by Gasteiger charge is -2.36. The number of aromatic nitrogens is 4. The summed E-state index contributed by atoms with van der Waals surface area (Å²) >= 11 is 7.66. The zero-order chi connectivity index (χ0) is 39.5. The van der Waals surface area contributed by atoms with Gasteiger partial charge in [0, 0.05) is 54.4 Å². The average molecular weight is 881 g/mol. The molecule has 0 N–H and O–H groups in total. The Balaban J connectivity index is 1.20. The Bertz CT molecular complexity index is 2600. The molecule has 4 atom stereocenters. The summed E-state index contributed by atoms with van der Waals surface area (Å²) in [5, 5.41) is 0. The van der Waals surface area contributed by atoms with Gasteiger partial charge in [0.1, 0.15) is 12.3 Å². The van der Waals surface area contributed by atoms with Gasteiger partial charge in [-0.3, -0.25) is 9.80 Å². The maximum absolute atomic E-state index is 5.44. The fourth-order valence-electron chi connectivity index (χ4n) is 8.81. The van der Waals surface area contributed by atoms with Crippen LogP contribution in [0.15, 0.2) is 130 Å². The summed E-state index contributed by atoms with van der Waals surface area (Å²) in [4.78, 5) is 31.0. The number of para-hydroxylation sites is 2. The first kappa shape index (κ1) is 36.3. The van der Waals surface area contributed by atoms with E-state index in [9.17, 15) is 0 Å². The lowest BCUT2D eigenvalue weighted by atomic mass is 9.93. The summed E-state index contributed by atoms with van der Waals surface area (Å²) in [6.07, 6.45) is 6.10. The van der Waals surface area contributed by atoms with Gasteiger partial charge in [0.25, 0.3) is 0 Å². The van der Waals surface area contributed by atoms with E-state index >= 15 is 0 Å². The molecule has 4 aromatic carbocycles. The monoisotopic (exact) mass is 878 g/mol. The van der Waals surface area contributed by atoms with Crippen LogP contribution in [0.4, 0.5) is 46.0 Å². The molecule has 286 valence electrons. The van der Waals surface area contributed by atoms with E-state index in [2.05, 4.69) is 203 Å². The van der Waals surface area contributed by atoms with Crippen molar-refractivity contribution < 1.29 is 0 Å². The first-order valence-corrected chi connectivity index (χ1v) is 21.2. The molecule has 4 aliphatic rings. The third-order valence-corrected chi connectivity index (χ3v) is 12.7. The molecule has 0 radical (unpaired) electrons. The molecule has 1 aliphatic carbocycles. The number of aryl methyl sites for hydroxylation is 1. The molecule has 2 aromatic heterocycles. The Labute approximate surface area is 351 Å². The summed E-state index contributed by atoms with van der Waals surface area (Å²) in [6.45, 7) is 15.4. The molecule has 10 rings (SSSR count). The molecule has 57 heavy (non-hydrogen) atoms. The Hall–Kier alpha value is -5.06. The fraction of sp³-hybridized carbons (Fsp3) is 0.277. The Kier molecular flexibility index (Phi) is 8.26. The molecule has 1 fully saturated rings. The van der Waals surface area contributed by atoms with Gasteiger partial charge in [-0.05, 0) is 72.7 Å². The highest BCUT2D eigenvalue weighted by Gasteiger charge is 2.62. The van der Waals surface area contributed by atoms with Crippen molar-refractivity contribution in [2.24, 2.45) is 5.92 Å². The van der Waals surface area contributed by atoms with Crippen LogP contribution in [0.5, 0.6) is 0 Å². The van der Waals surface area contributed by atoms with E-state index < -0.39 is 0 Å². The molecule has 0 saturated heterocycles. The highest BCUT2D eigenvalue weighted by atomic mass is 79.9. The number of rotatable bonds is 4. The van der Waals surface area contributed by atoms with Crippen molar-refractivity contribution in [1.29, 1.82) is 0 Å². The predicted molar refractivity (Wildman–Crippen MR) is 238 cm³/mol. The molecule has 0 amide bonds. The first-order chi connectivity index (χ1) is 27.3. The van der Waals surface area contributed by atoms with Crippen LogP contribution in [0.2, 0.25) is 0 Å². The molecular formula is C47H44Br2N8. The minimum atomic E-state index is -0.253. The summed E-state index contributed by atoms with van der Waals surface area (Å²) in [5.74, 6) is 3.82. The number of hydrogen-bond donors (Lipinski definition) is 0. The number of nitrogens with zero attached hydrogens (tertiary/aromatic N) is 8. The van der Waals surface area contributed by atoms with Crippen molar-refractivity contribution in [2.75, 3.05) is 19.6 Å². The second-order valence-corrected chi connectivity index (χ2v) is 19.4. The van der Waals surface area contributed by atoms with Crippen molar-refractivity contribution in [1.82, 2.24) is 19.9 Å². The fourth-order valence-corrected chi connectivity index (χ4v) is 9.51. The predicted octanol–water partition coefficient (Wildman–Crippen LogP) is 12.3. The minimum absolute atomic E-state index is 0.0746. The molecular weight excluding hydrogens is 836 g/mol. The number of fused-ring (bicyclic) bond motifs is 9. The van der Waals surface area contributed by atoms with Gasteiger partial charge in [-0.15, -0.1) is 0 Å². The van der Waals surface area contributed by atoms with Gasteiger partial charge in [0.2, 0.25) is 0 Å². The molecule has 0 bridgehead atoms. The number of anilines is 8. The molecule has 8 nitrogen and oxygen atoms in total. The van der Waals surface area contributed by atoms with Gasteiger partial charge >= 0.3 is 0 Å². The summed E-state index contributed by atoms with van der Waals surface area (Å²) in [6, 6.07) is 34.6. The second kappa shape index (κ2) is 13.0. The number of halogens is 2. The Morgan fingerprint density at radius 3 is 1.70 bits per heavy atom. The normalized spacial score (nSPS) is 21.3. The third kappa shape index (κ3) is 5.81. The quantitative estimate of drug-likeness (QED) is 0.162. The van der Waals surface area contributed by atoms with Gasteiger partial charge < -0.3 is 9.80 Å². The van der Waals surface area contributed by atoms with Crippen LogP contribution in [0.1, 0.15) is 70.0 Å². The van der Waals surface area contributed by atoms with Crippen molar-refractivity contribution in [2.45, 2.75) is 77.5 Å². The highest BCUT2D eigenvalue weighted by Crippen LogP contribution is 2.68. The van der Waals surface area contributed by atoms with Crippen LogP contribution in [-0.4, -0.2) is 32.3 Å². The Morgan fingerprint density at radius 1 is 0.579 bits per heavy atom. The number of hydrogen-bond acceptors (Lipinski definition) is 8. The van der Waals surface area contributed by atoms with E-state index in [1.165, 1.54) is 11.1 Å². The van der Waals surface area contributed by atoms with Crippen molar-refractivity contribution in [3.8, 4) is 0 Å². The summed E-state index contributed by atoms with van der Waals surface area (Å²) < 4.78 is 2.05. The maximum atomic E-state index is 5.44. The van der Waals surface area contributed by atoms with Crippen LogP contribution >= 0.6 is 31.9 Å². The van der Waals surface area contributed by atoms with Gasteiger partial charge in [-0.25, -0.2) is 19.9 Å².